The van der Waals surface area contributed by atoms with Crippen molar-refractivity contribution in [2.45, 2.75) is 45.8 Å². The molecule has 1 aliphatic heterocycles. The Morgan fingerprint density at radius 1 is 1.60 bits per heavy atom. The second kappa shape index (κ2) is 4.09. The fraction of sp³-hybridized carbons (Fsp3) is 0.583. The van der Waals surface area contributed by atoms with Crippen LogP contribution in [0.15, 0.2) is 24.0 Å². The Labute approximate surface area is 90.8 Å². The molecule has 0 aromatic heterocycles. The van der Waals surface area contributed by atoms with E-state index in [-0.39, 0.29) is 12.1 Å². The topological polar surface area (TPSA) is 35.5 Å². The van der Waals surface area contributed by atoms with Crippen LogP contribution in [0.25, 0.3) is 0 Å². The highest BCUT2D eigenvalue weighted by molar-refractivity contribution is 5.89. The third kappa shape index (κ3) is 3.11. The van der Waals surface area contributed by atoms with Crippen LogP contribution in [0.3, 0.4) is 0 Å². The van der Waals surface area contributed by atoms with Crippen molar-refractivity contribution in [1.82, 2.24) is 0 Å². The fourth-order valence-corrected chi connectivity index (χ4v) is 1.38. The highest BCUT2D eigenvalue weighted by atomic mass is 16.6. The molecule has 0 saturated carbocycles. The summed E-state index contributed by atoms with van der Waals surface area (Å²) in [6.45, 7) is 11.0. The maximum atomic E-state index is 11.7. The van der Waals surface area contributed by atoms with E-state index in [1.165, 1.54) is 0 Å². The van der Waals surface area contributed by atoms with Gasteiger partial charge in [0.15, 0.2) is 0 Å². The summed E-state index contributed by atoms with van der Waals surface area (Å²) >= 11 is 0. The maximum Gasteiger partial charge on any atom is 0.338 e. The molecule has 1 rings (SSSR count). The van der Waals surface area contributed by atoms with Crippen molar-refractivity contribution in [1.29, 1.82) is 0 Å². The Balaban J connectivity index is 2.69. The first-order valence-electron chi connectivity index (χ1n) is 5.06. The largest absolute Gasteiger partial charge is 0.490 e. The molecule has 0 fully saturated rings. The number of esters is 1. The summed E-state index contributed by atoms with van der Waals surface area (Å²) in [6.07, 6.45) is 2.16. The molecule has 1 aliphatic rings. The normalized spacial score (nSPS) is 21.2. The first kappa shape index (κ1) is 11.8. The van der Waals surface area contributed by atoms with Crippen molar-refractivity contribution < 1.29 is 14.3 Å². The Hall–Kier alpha value is -1.25. The van der Waals surface area contributed by atoms with Crippen LogP contribution in [0.1, 0.15) is 34.1 Å². The van der Waals surface area contributed by atoms with Gasteiger partial charge in [-0.15, -0.1) is 0 Å². The molecule has 1 unspecified atom stereocenters. The Bertz CT molecular complexity index is 307. The van der Waals surface area contributed by atoms with Gasteiger partial charge in [-0.1, -0.05) is 12.7 Å². The lowest BCUT2D eigenvalue weighted by atomic mass is 10.1. The van der Waals surface area contributed by atoms with Gasteiger partial charge in [0, 0.05) is 6.42 Å². The van der Waals surface area contributed by atoms with E-state index in [9.17, 15) is 4.79 Å². The van der Waals surface area contributed by atoms with E-state index < -0.39 is 5.60 Å². The van der Waals surface area contributed by atoms with Gasteiger partial charge in [0.05, 0.1) is 5.57 Å². The van der Waals surface area contributed by atoms with E-state index in [4.69, 9.17) is 9.47 Å². The van der Waals surface area contributed by atoms with Gasteiger partial charge in [0.2, 0.25) is 0 Å². The molecule has 0 amide bonds. The molecule has 15 heavy (non-hydrogen) atoms. The molecule has 3 nitrogen and oxygen atoms in total. The zero-order valence-electron chi connectivity index (χ0n) is 9.79. The third-order valence-electron chi connectivity index (χ3n) is 2.07. The van der Waals surface area contributed by atoms with Gasteiger partial charge in [-0.3, -0.25) is 0 Å². The van der Waals surface area contributed by atoms with Gasteiger partial charge in [-0.25, -0.2) is 4.79 Å². The average Bonchev–Trinajstić information content (AvgIpc) is 2.43. The summed E-state index contributed by atoms with van der Waals surface area (Å²) in [6, 6.07) is 0. The summed E-state index contributed by atoms with van der Waals surface area (Å²) in [5.41, 5.74) is 0.159. The minimum Gasteiger partial charge on any atom is -0.490 e. The van der Waals surface area contributed by atoms with E-state index in [0.29, 0.717) is 17.8 Å². The Morgan fingerprint density at radius 3 is 2.60 bits per heavy atom. The monoisotopic (exact) mass is 210 g/mol. The highest BCUT2D eigenvalue weighted by Gasteiger charge is 2.29. The Morgan fingerprint density at radius 2 is 2.20 bits per heavy atom. The first-order valence-corrected chi connectivity index (χ1v) is 5.06. The number of hydrogen-bond donors (Lipinski definition) is 0. The van der Waals surface area contributed by atoms with Crippen LogP contribution in [0.2, 0.25) is 0 Å². The van der Waals surface area contributed by atoms with Crippen LogP contribution < -0.4 is 0 Å². The molecule has 1 atom stereocenters. The molecule has 0 spiro atoms. The SMILES string of the molecule is C=CC1CC(C(=O)OC(C)(C)C)=C(C)O1. The molecule has 0 aliphatic carbocycles. The second-order valence-electron chi connectivity index (χ2n) is 4.63. The molecule has 84 valence electrons. The summed E-state index contributed by atoms with van der Waals surface area (Å²) in [7, 11) is 0. The minimum absolute atomic E-state index is 0.0903. The number of carbonyl (C=O) groups excluding carboxylic acids is 1. The predicted molar refractivity (Wildman–Crippen MR) is 58.2 cm³/mol. The summed E-state index contributed by atoms with van der Waals surface area (Å²) in [5, 5.41) is 0. The zero-order valence-corrected chi connectivity index (χ0v) is 9.79. The Kier molecular flexibility index (Phi) is 3.22. The summed E-state index contributed by atoms with van der Waals surface area (Å²) in [4.78, 5) is 11.7. The molecule has 0 aromatic rings. The zero-order chi connectivity index (χ0) is 11.6. The molecule has 0 N–H and O–H groups in total. The first-order chi connectivity index (χ1) is 6.83. The molecule has 0 radical (unpaired) electrons. The van der Waals surface area contributed by atoms with Gasteiger partial charge in [0.25, 0.3) is 0 Å². The van der Waals surface area contributed by atoms with Crippen molar-refractivity contribution in [2.75, 3.05) is 0 Å². The van der Waals surface area contributed by atoms with E-state index >= 15 is 0 Å². The molecular weight excluding hydrogens is 192 g/mol. The van der Waals surface area contributed by atoms with Gasteiger partial charge in [0.1, 0.15) is 17.5 Å². The van der Waals surface area contributed by atoms with E-state index in [1.54, 1.807) is 13.0 Å². The van der Waals surface area contributed by atoms with Gasteiger partial charge < -0.3 is 9.47 Å². The highest BCUT2D eigenvalue weighted by Crippen LogP contribution is 2.27. The van der Waals surface area contributed by atoms with E-state index in [1.807, 2.05) is 20.8 Å². The van der Waals surface area contributed by atoms with Gasteiger partial charge >= 0.3 is 5.97 Å². The van der Waals surface area contributed by atoms with Gasteiger partial charge in [-0.2, -0.15) is 0 Å². The lowest BCUT2D eigenvalue weighted by Crippen LogP contribution is -2.25. The van der Waals surface area contributed by atoms with Crippen molar-refractivity contribution >= 4 is 5.97 Å². The predicted octanol–water partition coefficient (Wildman–Crippen LogP) is 2.58. The third-order valence-corrected chi connectivity index (χ3v) is 2.07. The second-order valence-corrected chi connectivity index (χ2v) is 4.63. The maximum absolute atomic E-state index is 11.7. The molecule has 0 bridgehead atoms. The van der Waals surface area contributed by atoms with Crippen LogP contribution in [0.5, 0.6) is 0 Å². The number of ether oxygens (including phenoxy) is 2. The smallest absolute Gasteiger partial charge is 0.338 e. The molecular formula is C12H18O3. The van der Waals surface area contributed by atoms with Crippen LogP contribution in [-0.4, -0.2) is 17.7 Å². The summed E-state index contributed by atoms with van der Waals surface area (Å²) < 4.78 is 10.7. The van der Waals surface area contributed by atoms with Crippen molar-refractivity contribution in [2.24, 2.45) is 0 Å². The molecule has 3 heteroatoms. The lowest BCUT2D eigenvalue weighted by molar-refractivity contribution is -0.150. The molecule has 0 saturated heterocycles. The molecule has 0 aromatic carbocycles. The number of carbonyl (C=O) groups is 1. The number of hydrogen-bond acceptors (Lipinski definition) is 3. The van der Waals surface area contributed by atoms with E-state index in [2.05, 4.69) is 6.58 Å². The number of rotatable bonds is 2. The van der Waals surface area contributed by atoms with Crippen LogP contribution >= 0.6 is 0 Å². The number of allylic oxidation sites excluding steroid dienone is 1. The quantitative estimate of drug-likeness (QED) is 0.519. The van der Waals surface area contributed by atoms with Crippen LogP contribution in [0.4, 0.5) is 0 Å². The molecule has 1 heterocycles. The van der Waals surface area contributed by atoms with Gasteiger partial charge in [-0.05, 0) is 27.7 Å². The van der Waals surface area contributed by atoms with Crippen LogP contribution in [-0.2, 0) is 14.3 Å². The van der Waals surface area contributed by atoms with E-state index in [0.717, 1.165) is 0 Å². The van der Waals surface area contributed by atoms with Crippen LogP contribution in [0, 0.1) is 0 Å². The van der Waals surface area contributed by atoms with Crippen molar-refractivity contribution in [3.63, 3.8) is 0 Å². The van der Waals surface area contributed by atoms with Crippen molar-refractivity contribution in [3.8, 4) is 0 Å². The van der Waals surface area contributed by atoms with Crippen molar-refractivity contribution in [3.05, 3.63) is 24.0 Å². The average molecular weight is 210 g/mol. The standard InChI is InChI=1S/C12H18O3/c1-6-9-7-10(8(2)14-9)11(13)15-12(3,4)5/h6,9H,1,7H2,2-5H3. The lowest BCUT2D eigenvalue weighted by Gasteiger charge is -2.19. The minimum atomic E-state index is -0.462. The fourth-order valence-electron chi connectivity index (χ4n) is 1.38. The summed E-state index contributed by atoms with van der Waals surface area (Å²) in [5.74, 6) is 0.360.